The van der Waals surface area contributed by atoms with Crippen molar-refractivity contribution in [1.29, 1.82) is 0 Å². The molecule has 31 heavy (non-hydrogen) atoms. The Morgan fingerprint density at radius 3 is 2.74 bits per heavy atom. The van der Waals surface area contributed by atoms with Crippen molar-refractivity contribution in [1.82, 2.24) is 15.1 Å². The summed E-state index contributed by atoms with van der Waals surface area (Å²) in [5.41, 5.74) is 2.39. The van der Waals surface area contributed by atoms with Crippen LogP contribution in [-0.2, 0) is 4.79 Å². The summed E-state index contributed by atoms with van der Waals surface area (Å²) in [5, 5.41) is 12.0. The number of nitrogens with one attached hydrogen (secondary N) is 1. The van der Waals surface area contributed by atoms with Crippen molar-refractivity contribution in [3.63, 3.8) is 0 Å². The molecule has 0 spiro atoms. The highest BCUT2D eigenvalue weighted by Crippen LogP contribution is 2.35. The minimum Gasteiger partial charge on any atom is -0.411 e. The molecule has 0 atom stereocenters. The van der Waals surface area contributed by atoms with Gasteiger partial charge in [0.25, 0.3) is 5.22 Å². The molecule has 1 aliphatic heterocycles. The van der Waals surface area contributed by atoms with E-state index in [-0.39, 0.29) is 11.7 Å². The second-order valence-corrected chi connectivity index (χ2v) is 9.40. The van der Waals surface area contributed by atoms with Crippen LogP contribution in [0.1, 0.15) is 0 Å². The van der Waals surface area contributed by atoms with Gasteiger partial charge < -0.3 is 19.5 Å². The first-order valence-corrected chi connectivity index (χ1v) is 11.9. The summed E-state index contributed by atoms with van der Waals surface area (Å²) in [4.78, 5) is 17.1. The third-order valence-corrected chi connectivity index (χ3v) is 6.50. The van der Waals surface area contributed by atoms with Gasteiger partial charge in [-0.3, -0.25) is 4.79 Å². The van der Waals surface area contributed by atoms with E-state index < -0.39 is 0 Å². The Morgan fingerprint density at radius 1 is 1.19 bits per heavy atom. The number of anilines is 2. The van der Waals surface area contributed by atoms with Gasteiger partial charge in [-0.25, -0.2) is 0 Å². The molecule has 1 aromatic heterocycles. The summed E-state index contributed by atoms with van der Waals surface area (Å²) in [7, 11) is 2.10. The third-order valence-electron chi connectivity index (χ3n) is 4.89. The average molecular weight is 523 g/mol. The lowest BCUT2D eigenvalue weighted by Crippen LogP contribution is -2.44. The van der Waals surface area contributed by atoms with Crippen LogP contribution in [0.2, 0.25) is 5.02 Å². The normalized spacial score (nSPS) is 14.6. The highest BCUT2D eigenvalue weighted by Gasteiger charge is 2.21. The molecule has 1 amide bonds. The highest BCUT2D eigenvalue weighted by atomic mass is 79.9. The molecule has 1 fully saturated rings. The van der Waals surface area contributed by atoms with E-state index in [0.717, 1.165) is 41.9 Å². The molecule has 7 nitrogen and oxygen atoms in total. The Bertz CT molecular complexity index is 1070. The van der Waals surface area contributed by atoms with Crippen molar-refractivity contribution < 1.29 is 9.21 Å². The average Bonchev–Trinajstić information content (AvgIpc) is 3.23. The molecule has 0 saturated carbocycles. The number of carbonyl (C=O) groups excluding carboxylic acids is 1. The summed E-state index contributed by atoms with van der Waals surface area (Å²) in [6.07, 6.45) is 0. The van der Waals surface area contributed by atoms with Crippen molar-refractivity contribution in [2.24, 2.45) is 0 Å². The first-order valence-electron chi connectivity index (χ1n) is 9.74. The van der Waals surface area contributed by atoms with E-state index in [9.17, 15) is 4.79 Å². The molecule has 162 valence electrons. The summed E-state index contributed by atoms with van der Waals surface area (Å²) >= 11 is 11.1. The van der Waals surface area contributed by atoms with Gasteiger partial charge in [-0.15, -0.1) is 10.2 Å². The lowest BCUT2D eigenvalue weighted by Gasteiger charge is -2.35. The van der Waals surface area contributed by atoms with E-state index in [2.05, 4.69) is 48.3 Å². The first-order chi connectivity index (χ1) is 15.0. The third kappa shape index (κ3) is 5.60. The summed E-state index contributed by atoms with van der Waals surface area (Å²) in [6.45, 7) is 3.62. The molecule has 10 heteroatoms. The SMILES string of the molecule is CN1CCN(c2c(Cl)cccc2NC(=O)CSc2nnc(-c3cccc(Br)c3)o2)CC1. The summed E-state index contributed by atoms with van der Waals surface area (Å²) < 4.78 is 6.60. The van der Waals surface area contributed by atoms with E-state index in [4.69, 9.17) is 16.0 Å². The van der Waals surface area contributed by atoms with Crippen molar-refractivity contribution in [3.05, 3.63) is 52.0 Å². The minimum absolute atomic E-state index is 0.148. The van der Waals surface area contributed by atoms with E-state index in [1.807, 2.05) is 42.5 Å². The first kappa shape index (κ1) is 22.1. The van der Waals surface area contributed by atoms with Crippen LogP contribution >= 0.6 is 39.3 Å². The molecule has 3 aromatic rings. The van der Waals surface area contributed by atoms with E-state index >= 15 is 0 Å². The summed E-state index contributed by atoms with van der Waals surface area (Å²) in [5.74, 6) is 0.399. The predicted octanol–water partition coefficient (Wildman–Crippen LogP) is 4.64. The topological polar surface area (TPSA) is 74.5 Å². The van der Waals surface area contributed by atoms with Gasteiger partial charge in [0, 0.05) is 36.2 Å². The number of rotatable bonds is 6. The number of hydrogen-bond acceptors (Lipinski definition) is 7. The molecule has 2 aromatic carbocycles. The Balaban J connectivity index is 1.39. The number of benzene rings is 2. The van der Waals surface area contributed by atoms with Gasteiger partial charge in [0.2, 0.25) is 11.8 Å². The van der Waals surface area contributed by atoms with Gasteiger partial charge in [0.1, 0.15) is 0 Å². The standard InChI is InChI=1S/C21H21BrClN5O2S/c1-27-8-10-28(11-9-27)19-16(23)6-3-7-17(19)24-18(29)13-31-21-26-25-20(30-21)14-4-2-5-15(22)12-14/h2-7,12H,8-11,13H2,1H3,(H,24,29). The van der Waals surface area contributed by atoms with Gasteiger partial charge in [-0.1, -0.05) is 51.4 Å². The molecule has 1 N–H and O–H groups in total. The lowest BCUT2D eigenvalue weighted by atomic mass is 10.2. The monoisotopic (exact) mass is 521 g/mol. The molecule has 1 aliphatic rings. The van der Waals surface area contributed by atoms with Gasteiger partial charge in [0.15, 0.2) is 0 Å². The zero-order chi connectivity index (χ0) is 21.8. The zero-order valence-electron chi connectivity index (χ0n) is 16.8. The lowest BCUT2D eigenvalue weighted by molar-refractivity contribution is -0.113. The maximum absolute atomic E-state index is 12.6. The van der Waals surface area contributed by atoms with Crippen molar-refractivity contribution in [2.75, 3.05) is 49.2 Å². The number of thioether (sulfide) groups is 1. The van der Waals surface area contributed by atoms with Crippen LogP contribution in [0.25, 0.3) is 11.5 Å². The molecule has 2 heterocycles. The number of halogens is 2. The Hall–Kier alpha value is -2.07. The van der Waals surface area contributed by atoms with E-state index in [1.165, 1.54) is 11.8 Å². The number of aromatic nitrogens is 2. The Labute approximate surface area is 198 Å². The molecule has 0 aliphatic carbocycles. The van der Waals surface area contributed by atoms with Gasteiger partial charge >= 0.3 is 0 Å². The molecule has 4 rings (SSSR count). The van der Waals surface area contributed by atoms with Crippen LogP contribution in [-0.4, -0.2) is 60.0 Å². The number of likely N-dealkylation sites (N-methyl/N-ethyl adjacent to an activating group) is 1. The molecular formula is C21H21BrClN5O2S. The van der Waals surface area contributed by atoms with Crippen LogP contribution in [0.3, 0.4) is 0 Å². The van der Waals surface area contributed by atoms with Crippen LogP contribution < -0.4 is 10.2 Å². The van der Waals surface area contributed by atoms with Crippen molar-refractivity contribution in [2.45, 2.75) is 5.22 Å². The van der Waals surface area contributed by atoms with Gasteiger partial charge in [-0.05, 0) is 37.4 Å². The highest BCUT2D eigenvalue weighted by molar-refractivity contribution is 9.10. The fourth-order valence-electron chi connectivity index (χ4n) is 3.29. The van der Waals surface area contributed by atoms with E-state index in [1.54, 1.807) is 0 Å². The summed E-state index contributed by atoms with van der Waals surface area (Å²) in [6, 6.07) is 13.2. The second kappa shape index (κ2) is 10.0. The minimum atomic E-state index is -0.162. The fourth-order valence-corrected chi connectivity index (χ4v) is 4.54. The van der Waals surface area contributed by atoms with Gasteiger partial charge in [0.05, 0.1) is 22.2 Å². The smallest absolute Gasteiger partial charge is 0.277 e. The molecular weight excluding hydrogens is 502 g/mol. The quantitative estimate of drug-likeness (QED) is 0.473. The number of hydrogen-bond donors (Lipinski definition) is 1. The predicted molar refractivity (Wildman–Crippen MR) is 128 cm³/mol. The Kier molecular flexibility index (Phi) is 7.16. The second-order valence-electron chi connectivity index (χ2n) is 7.15. The van der Waals surface area contributed by atoms with Crippen LogP contribution in [0.15, 0.2) is 56.6 Å². The molecule has 0 bridgehead atoms. The van der Waals surface area contributed by atoms with Gasteiger partial charge in [-0.2, -0.15) is 0 Å². The van der Waals surface area contributed by atoms with Crippen LogP contribution in [0.5, 0.6) is 0 Å². The van der Waals surface area contributed by atoms with Crippen LogP contribution in [0, 0.1) is 0 Å². The Morgan fingerprint density at radius 2 is 1.97 bits per heavy atom. The van der Waals surface area contributed by atoms with Crippen molar-refractivity contribution >= 4 is 56.6 Å². The number of para-hydroxylation sites is 1. The fraction of sp³-hybridized carbons (Fsp3) is 0.286. The number of nitrogens with zero attached hydrogens (tertiary/aromatic N) is 4. The maximum atomic E-state index is 12.6. The number of carbonyl (C=O) groups is 1. The number of amides is 1. The van der Waals surface area contributed by atoms with E-state index in [0.29, 0.717) is 21.8 Å². The molecule has 0 unspecified atom stereocenters. The number of piperazine rings is 1. The molecule has 0 radical (unpaired) electrons. The maximum Gasteiger partial charge on any atom is 0.277 e. The largest absolute Gasteiger partial charge is 0.411 e. The zero-order valence-corrected chi connectivity index (χ0v) is 20.0. The molecule has 1 saturated heterocycles. The van der Waals surface area contributed by atoms with Crippen LogP contribution in [0.4, 0.5) is 11.4 Å². The van der Waals surface area contributed by atoms with Crippen molar-refractivity contribution in [3.8, 4) is 11.5 Å².